The van der Waals surface area contributed by atoms with Crippen LogP contribution in [0.2, 0.25) is 0 Å². The summed E-state index contributed by atoms with van der Waals surface area (Å²) in [4.78, 5) is 0. The SMILES string of the molecule is [2H]c1c(C)[n+](C)c(-c2cc(CC)cc(CC)c2C)c2ccc(C3CCC(C)(C)CC3)cc12. The molecule has 1 fully saturated rings. The average molecular weight is 416 g/mol. The first-order chi connectivity index (χ1) is 15.2. The molecule has 1 nitrogen and oxygen atoms in total. The van der Waals surface area contributed by atoms with E-state index < -0.39 is 0 Å². The molecule has 1 heterocycles. The Bertz CT molecular complexity index is 1160. The van der Waals surface area contributed by atoms with Crippen molar-refractivity contribution in [3.8, 4) is 11.3 Å². The summed E-state index contributed by atoms with van der Waals surface area (Å²) in [7, 11) is 2.13. The first kappa shape index (κ1) is 20.7. The Morgan fingerprint density at radius 2 is 1.74 bits per heavy atom. The lowest BCUT2D eigenvalue weighted by molar-refractivity contribution is -0.665. The van der Waals surface area contributed by atoms with Crippen molar-refractivity contribution >= 4 is 10.8 Å². The Labute approximate surface area is 190 Å². The van der Waals surface area contributed by atoms with Gasteiger partial charge in [-0.05, 0) is 96.6 Å². The van der Waals surface area contributed by atoms with E-state index in [0.717, 1.165) is 23.9 Å². The van der Waals surface area contributed by atoms with Gasteiger partial charge in [0.25, 0.3) is 0 Å². The molecule has 0 spiro atoms. The Hall–Kier alpha value is -2.15. The van der Waals surface area contributed by atoms with Gasteiger partial charge in [-0.15, -0.1) is 0 Å². The maximum Gasteiger partial charge on any atom is 0.220 e. The van der Waals surface area contributed by atoms with Gasteiger partial charge in [-0.25, -0.2) is 0 Å². The molecule has 1 aliphatic carbocycles. The fourth-order valence-corrected chi connectivity index (χ4v) is 5.47. The van der Waals surface area contributed by atoms with Crippen molar-refractivity contribution < 1.29 is 5.94 Å². The third kappa shape index (κ3) is 4.16. The number of hydrogen-bond donors (Lipinski definition) is 0. The highest BCUT2D eigenvalue weighted by Gasteiger charge is 2.28. The van der Waals surface area contributed by atoms with Gasteiger partial charge in [-0.2, -0.15) is 4.57 Å². The van der Waals surface area contributed by atoms with E-state index in [-0.39, 0.29) is 0 Å². The van der Waals surface area contributed by atoms with E-state index in [1.165, 1.54) is 64.6 Å². The lowest BCUT2D eigenvalue weighted by atomic mass is 9.71. The van der Waals surface area contributed by atoms with E-state index in [2.05, 4.69) is 83.5 Å². The molecule has 0 amide bonds. The van der Waals surface area contributed by atoms with E-state index in [4.69, 9.17) is 1.37 Å². The first-order valence-corrected chi connectivity index (χ1v) is 12.2. The molecule has 0 aliphatic heterocycles. The summed E-state index contributed by atoms with van der Waals surface area (Å²) in [6.45, 7) is 13.7. The van der Waals surface area contributed by atoms with Gasteiger partial charge >= 0.3 is 0 Å². The second-order valence-corrected chi connectivity index (χ2v) is 10.5. The fraction of sp³-hybridized carbons (Fsp3) is 0.500. The number of aryl methyl sites for hydroxylation is 2. The topological polar surface area (TPSA) is 3.88 Å². The number of pyridine rings is 1. The van der Waals surface area contributed by atoms with Gasteiger partial charge in [-0.1, -0.05) is 45.9 Å². The molecule has 0 bridgehead atoms. The van der Waals surface area contributed by atoms with E-state index in [1.807, 2.05) is 0 Å². The van der Waals surface area contributed by atoms with Crippen molar-refractivity contribution in [2.45, 2.75) is 86.0 Å². The highest BCUT2D eigenvalue weighted by molar-refractivity contribution is 5.94. The van der Waals surface area contributed by atoms with E-state index in [0.29, 0.717) is 17.4 Å². The van der Waals surface area contributed by atoms with Gasteiger partial charge in [0.05, 0.1) is 12.3 Å². The predicted octanol–water partition coefficient (Wildman–Crippen LogP) is 7.76. The molecule has 0 unspecified atom stereocenters. The van der Waals surface area contributed by atoms with Crippen LogP contribution in [0.4, 0.5) is 0 Å². The van der Waals surface area contributed by atoms with Crippen LogP contribution < -0.4 is 4.57 Å². The Balaban J connectivity index is 1.92. The molecule has 31 heavy (non-hydrogen) atoms. The number of rotatable bonds is 4. The number of aromatic nitrogens is 1. The number of nitrogens with zero attached hydrogens (tertiary/aromatic N) is 1. The molecule has 1 saturated carbocycles. The molecule has 4 rings (SSSR count). The lowest BCUT2D eigenvalue weighted by Gasteiger charge is -2.34. The molecule has 1 heteroatoms. The maximum absolute atomic E-state index is 8.95. The zero-order chi connectivity index (χ0) is 23.2. The third-order valence-corrected chi connectivity index (χ3v) is 7.88. The van der Waals surface area contributed by atoms with Crippen molar-refractivity contribution in [1.29, 1.82) is 0 Å². The first-order valence-electron chi connectivity index (χ1n) is 12.7. The predicted molar refractivity (Wildman–Crippen MR) is 134 cm³/mol. The summed E-state index contributed by atoms with van der Waals surface area (Å²) in [6.07, 6.45) is 7.19. The molecule has 2 aromatic carbocycles. The molecule has 0 saturated heterocycles. The monoisotopic (exact) mass is 415 g/mol. The van der Waals surface area contributed by atoms with Crippen molar-refractivity contribution in [3.05, 3.63) is 64.3 Å². The minimum absolute atomic E-state index is 0.476. The van der Waals surface area contributed by atoms with E-state index in [1.54, 1.807) is 0 Å². The summed E-state index contributed by atoms with van der Waals surface area (Å²) in [5.41, 5.74) is 9.71. The summed E-state index contributed by atoms with van der Waals surface area (Å²) < 4.78 is 11.2. The summed E-state index contributed by atoms with van der Waals surface area (Å²) in [5.74, 6) is 0.626. The highest BCUT2D eigenvalue weighted by atomic mass is 14.9. The van der Waals surface area contributed by atoms with Crippen molar-refractivity contribution in [2.24, 2.45) is 12.5 Å². The fourth-order valence-electron chi connectivity index (χ4n) is 5.47. The third-order valence-electron chi connectivity index (χ3n) is 7.88. The van der Waals surface area contributed by atoms with Crippen LogP contribution in [-0.2, 0) is 19.9 Å². The smallest absolute Gasteiger partial charge is 0.198 e. The maximum atomic E-state index is 8.95. The molecular weight excluding hydrogens is 374 g/mol. The second-order valence-electron chi connectivity index (χ2n) is 10.5. The van der Waals surface area contributed by atoms with Crippen molar-refractivity contribution in [2.75, 3.05) is 0 Å². The summed E-state index contributed by atoms with van der Waals surface area (Å²) in [5, 5.41) is 2.32. The van der Waals surface area contributed by atoms with Gasteiger partial charge < -0.3 is 0 Å². The number of benzene rings is 2. The van der Waals surface area contributed by atoms with Crippen LogP contribution in [0.25, 0.3) is 22.0 Å². The van der Waals surface area contributed by atoms with Crippen LogP contribution in [0, 0.1) is 19.3 Å². The number of fused-ring (bicyclic) bond motifs is 1. The normalized spacial score (nSPS) is 17.2. The van der Waals surface area contributed by atoms with Crippen LogP contribution >= 0.6 is 0 Å². The Kier molecular flexibility index (Phi) is 5.63. The summed E-state index contributed by atoms with van der Waals surface area (Å²) >= 11 is 0. The van der Waals surface area contributed by atoms with Crippen LogP contribution in [0.15, 0.2) is 36.4 Å². The molecule has 0 N–H and O–H groups in total. The molecule has 0 atom stereocenters. The average Bonchev–Trinajstić information content (AvgIpc) is 2.78. The minimum Gasteiger partial charge on any atom is -0.198 e. The lowest BCUT2D eigenvalue weighted by Crippen LogP contribution is -2.35. The van der Waals surface area contributed by atoms with Crippen LogP contribution in [0.1, 0.15) is 88.6 Å². The molecule has 1 aliphatic rings. The Morgan fingerprint density at radius 1 is 1.03 bits per heavy atom. The molecule has 3 aromatic rings. The van der Waals surface area contributed by atoms with Gasteiger partial charge in [0, 0.05) is 13.0 Å². The molecular formula is C30H40N+. The molecule has 1 aromatic heterocycles. The molecule has 164 valence electrons. The zero-order valence-electron chi connectivity index (χ0n) is 21.7. The molecule has 0 radical (unpaired) electrons. The highest BCUT2D eigenvalue weighted by Crippen LogP contribution is 2.43. The van der Waals surface area contributed by atoms with Crippen molar-refractivity contribution in [3.63, 3.8) is 0 Å². The minimum atomic E-state index is 0.476. The van der Waals surface area contributed by atoms with Gasteiger partial charge in [0.1, 0.15) is 7.05 Å². The van der Waals surface area contributed by atoms with Crippen LogP contribution in [0.3, 0.4) is 0 Å². The summed E-state index contributed by atoms with van der Waals surface area (Å²) in [6, 6.07) is 12.4. The van der Waals surface area contributed by atoms with Gasteiger partial charge in [-0.3, -0.25) is 0 Å². The second kappa shape index (κ2) is 8.41. The quantitative estimate of drug-likeness (QED) is 0.383. The van der Waals surface area contributed by atoms with Gasteiger partial charge in [0.2, 0.25) is 5.69 Å². The van der Waals surface area contributed by atoms with Gasteiger partial charge in [0.15, 0.2) is 5.69 Å². The zero-order valence-corrected chi connectivity index (χ0v) is 20.7. The van der Waals surface area contributed by atoms with Crippen LogP contribution in [0.5, 0.6) is 0 Å². The van der Waals surface area contributed by atoms with E-state index in [9.17, 15) is 0 Å². The van der Waals surface area contributed by atoms with Crippen LogP contribution in [-0.4, -0.2) is 0 Å². The standard InChI is InChI=1S/C30H40N/c1-8-22-17-23(9-2)21(4)28(18-22)29-27-11-10-25(19-26(27)16-20(3)31(29)7)24-12-14-30(5,6)15-13-24/h10-11,16-19,24H,8-9,12-15H2,1-7H3/q+1/i16D. The largest absolute Gasteiger partial charge is 0.220 e. The van der Waals surface area contributed by atoms with Crippen molar-refractivity contribution in [1.82, 2.24) is 0 Å². The Morgan fingerprint density at radius 3 is 2.39 bits per heavy atom. The number of hydrogen-bond acceptors (Lipinski definition) is 0. The van der Waals surface area contributed by atoms with E-state index >= 15 is 0 Å².